The molecule has 1 N–H and O–H groups in total. The van der Waals surface area contributed by atoms with E-state index in [1.807, 2.05) is 42.3 Å². The van der Waals surface area contributed by atoms with Crippen LogP contribution in [0.5, 0.6) is 5.75 Å². The Bertz CT molecular complexity index is 991. The van der Waals surface area contributed by atoms with Crippen LogP contribution in [0.1, 0.15) is 23.5 Å². The number of alkyl halides is 3. The van der Waals surface area contributed by atoms with Gasteiger partial charge in [0.05, 0.1) is 17.9 Å². The number of hydrogen-bond donors (Lipinski definition) is 1. The molecule has 4 nitrogen and oxygen atoms in total. The van der Waals surface area contributed by atoms with Gasteiger partial charge in [0.2, 0.25) is 0 Å². The zero-order valence-electron chi connectivity index (χ0n) is 16.5. The first-order chi connectivity index (χ1) is 14.4. The highest BCUT2D eigenvalue weighted by Crippen LogP contribution is 2.38. The van der Waals surface area contributed by atoms with Crippen LogP contribution in [0.4, 0.5) is 30.2 Å². The van der Waals surface area contributed by atoms with E-state index in [1.165, 1.54) is 12.1 Å². The van der Waals surface area contributed by atoms with Gasteiger partial charge in [-0.3, -0.25) is 4.98 Å². The zero-order chi connectivity index (χ0) is 21.1. The summed E-state index contributed by atoms with van der Waals surface area (Å²) in [5, 5.41) is 3.42. The van der Waals surface area contributed by atoms with Gasteiger partial charge in [0.25, 0.3) is 0 Å². The van der Waals surface area contributed by atoms with Gasteiger partial charge in [0.1, 0.15) is 5.75 Å². The largest absolute Gasteiger partial charge is 0.493 e. The average molecular weight is 413 g/mol. The molecule has 2 aromatic carbocycles. The van der Waals surface area contributed by atoms with Crippen molar-refractivity contribution in [1.29, 1.82) is 0 Å². The fourth-order valence-electron chi connectivity index (χ4n) is 3.60. The number of anilines is 3. The van der Waals surface area contributed by atoms with E-state index in [1.54, 1.807) is 12.4 Å². The number of nitrogens with zero attached hydrogens (tertiary/aromatic N) is 2. The molecule has 1 aliphatic heterocycles. The van der Waals surface area contributed by atoms with Crippen LogP contribution in [-0.4, -0.2) is 25.2 Å². The molecule has 0 spiro atoms. The first kappa shape index (κ1) is 20.1. The van der Waals surface area contributed by atoms with Gasteiger partial charge in [-0.1, -0.05) is 6.07 Å². The molecule has 30 heavy (non-hydrogen) atoms. The van der Waals surface area contributed by atoms with Gasteiger partial charge in [0.15, 0.2) is 0 Å². The normalized spacial score (nSPS) is 15.8. The number of benzene rings is 2. The Balaban J connectivity index is 1.50. The molecule has 156 valence electrons. The van der Waals surface area contributed by atoms with Crippen molar-refractivity contribution in [2.45, 2.75) is 18.5 Å². The Morgan fingerprint density at radius 3 is 2.57 bits per heavy atom. The Kier molecular flexibility index (Phi) is 5.53. The fourth-order valence-corrected chi connectivity index (χ4v) is 3.60. The molecule has 1 aliphatic rings. The number of hydrogen-bond acceptors (Lipinski definition) is 4. The van der Waals surface area contributed by atoms with E-state index in [9.17, 15) is 13.2 Å². The van der Waals surface area contributed by atoms with Gasteiger partial charge in [-0.05, 0) is 54.4 Å². The number of halogens is 3. The van der Waals surface area contributed by atoms with Gasteiger partial charge < -0.3 is 15.0 Å². The summed E-state index contributed by atoms with van der Waals surface area (Å²) in [5.74, 6) is 1.12. The van der Waals surface area contributed by atoms with Crippen molar-refractivity contribution in [3.05, 3.63) is 78.1 Å². The van der Waals surface area contributed by atoms with E-state index in [4.69, 9.17) is 4.74 Å². The molecule has 1 aromatic heterocycles. The molecule has 0 unspecified atom stereocenters. The highest BCUT2D eigenvalue weighted by atomic mass is 19.4. The Labute approximate surface area is 173 Å². The smallest absolute Gasteiger partial charge is 0.416 e. The Morgan fingerprint density at radius 2 is 1.87 bits per heavy atom. The van der Waals surface area contributed by atoms with Gasteiger partial charge in [-0.2, -0.15) is 13.2 Å². The highest BCUT2D eigenvalue weighted by molar-refractivity contribution is 5.65. The maximum atomic E-state index is 12.8. The second kappa shape index (κ2) is 8.26. The third kappa shape index (κ3) is 4.35. The predicted molar refractivity (Wildman–Crippen MR) is 112 cm³/mol. The van der Waals surface area contributed by atoms with Crippen LogP contribution in [0.15, 0.2) is 67.0 Å². The topological polar surface area (TPSA) is 37.4 Å². The van der Waals surface area contributed by atoms with Crippen LogP contribution in [-0.2, 0) is 6.18 Å². The number of nitrogens with one attached hydrogen (secondary N) is 1. The summed E-state index contributed by atoms with van der Waals surface area (Å²) in [6.45, 7) is 1.40. The predicted octanol–water partition coefficient (Wildman–Crippen LogP) is 5.85. The molecule has 7 heteroatoms. The molecular weight excluding hydrogens is 391 g/mol. The summed E-state index contributed by atoms with van der Waals surface area (Å²) in [6.07, 6.45) is 0.107. The molecule has 0 amide bonds. The minimum Gasteiger partial charge on any atom is -0.493 e. The van der Waals surface area contributed by atoms with Gasteiger partial charge in [-0.25, -0.2) is 0 Å². The standard InChI is InChI=1S/C23H22F3N3O/c1-29(19-6-4-17(5-7-19)23(24,25)26)20-8-9-21-16(10-12-30-22(21)13-20)14-28-18-3-2-11-27-15-18/h2-9,11,13,15-16,28H,10,12,14H2,1H3/t16-/m0/s1. The number of aromatic nitrogens is 1. The summed E-state index contributed by atoms with van der Waals surface area (Å²) < 4.78 is 44.3. The average Bonchev–Trinajstić information content (AvgIpc) is 2.77. The van der Waals surface area contributed by atoms with E-state index in [0.29, 0.717) is 18.2 Å². The quantitative estimate of drug-likeness (QED) is 0.570. The lowest BCUT2D eigenvalue weighted by molar-refractivity contribution is -0.137. The van der Waals surface area contributed by atoms with Gasteiger partial charge in [0, 0.05) is 49.3 Å². The van der Waals surface area contributed by atoms with Crippen LogP contribution in [0.2, 0.25) is 0 Å². The first-order valence-corrected chi connectivity index (χ1v) is 9.73. The van der Waals surface area contributed by atoms with Gasteiger partial charge >= 0.3 is 6.18 Å². The summed E-state index contributed by atoms with van der Waals surface area (Å²) in [5.41, 5.74) is 2.98. The third-order valence-corrected chi connectivity index (χ3v) is 5.34. The van der Waals surface area contributed by atoms with Crippen LogP contribution in [0.25, 0.3) is 0 Å². The van der Waals surface area contributed by atoms with Crippen molar-refractivity contribution < 1.29 is 17.9 Å². The molecule has 4 rings (SSSR count). The lowest BCUT2D eigenvalue weighted by Gasteiger charge is -2.28. The molecule has 0 fully saturated rings. The monoisotopic (exact) mass is 413 g/mol. The van der Waals surface area contributed by atoms with E-state index in [2.05, 4.69) is 10.3 Å². The molecule has 2 heterocycles. The lowest BCUT2D eigenvalue weighted by atomic mass is 9.92. The second-order valence-electron chi connectivity index (χ2n) is 7.28. The molecule has 0 saturated heterocycles. The van der Waals surface area contributed by atoms with E-state index in [-0.39, 0.29) is 0 Å². The molecule has 1 atom stereocenters. The van der Waals surface area contributed by atoms with Crippen molar-refractivity contribution in [1.82, 2.24) is 4.98 Å². The number of fused-ring (bicyclic) bond motifs is 1. The van der Waals surface area contributed by atoms with Crippen molar-refractivity contribution in [2.75, 3.05) is 30.4 Å². The summed E-state index contributed by atoms with van der Waals surface area (Å²) in [7, 11) is 1.83. The Morgan fingerprint density at radius 1 is 1.10 bits per heavy atom. The van der Waals surface area contributed by atoms with Crippen molar-refractivity contribution in [2.24, 2.45) is 0 Å². The van der Waals surface area contributed by atoms with Crippen LogP contribution >= 0.6 is 0 Å². The van der Waals surface area contributed by atoms with E-state index >= 15 is 0 Å². The summed E-state index contributed by atoms with van der Waals surface area (Å²) in [4.78, 5) is 5.96. The fraction of sp³-hybridized carbons (Fsp3) is 0.261. The van der Waals surface area contributed by atoms with Crippen LogP contribution in [0.3, 0.4) is 0 Å². The SMILES string of the molecule is CN(c1ccc(C(F)(F)F)cc1)c1ccc2c(c1)OCC[C@H]2CNc1cccnc1. The van der Waals surface area contributed by atoms with Crippen LogP contribution < -0.4 is 15.0 Å². The zero-order valence-corrected chi connectivity index (χ0v) is 16.5. The minimum atomic E-state index is -4.34. The minimum absolute atomic E-state index is 0.305. The number of pyridine rings is 1. The second-order valence-corrected chi connectivity index (χ2v) is 7.28. The molecular formula is C23H22F3N3O. The highest BCUT2D eigenvalue weighted by Gasteiger charge is 2.30. The van der Waals surface area contributed by atoms with Crippen molar-refractivity contribution in [3.8, 4) is 5.75 Å². The maximum Gasteiger partial charge on any atom is 0.416 e. The van der Waals surface area contributed by atoms with Gasteiger partial charge in [-0.15, -0.1) is 0 Å². The number of rotatable bonds is 5. The molecule has 0 saturated carbocycles. The summed E-state index contributed by atoms with van der Waals surface area (Å²) >= 11 is 0. The van der Waals surface area contributed by atoms with E-state index < -0.39 is 11.7 Å². The molecule has 0 aliphatic carbocycles. The molecule has 3 aromatic rings. The molecule has 0 radical (unpaired) electrons. The molecule has 0 bridgehead atoms. The third-order valence-electron chi connectivity index (χ3n) is 5.34. The van der Waals surface area contributed by atoms with Crippen LogP contribution in [0, 0.1) is 0 Å². The van der Waals surface area contributed by atoms with E-state index in [0.717, 1.165) is 47.8 Å². The summed E-state index contributed by atoms with van der Waals surface area (Å²) in [6, 6.07) is 15.0. The first-order valence-electron chi connectivity index (χ1n) is 9.73. The Hall–Kier alpha value is -3.22. The van der Waals surface area contributed by atoms with Crippen molar-refractivity contribution in [3.63, 3.8) is 0 Å². The number of ether oxygens (including phenoxy) is 1. The maximum absolute atomic E-state index is 12.8. The van der Waals surface area contributed by atoms with Crippen molar-refractivity contribution >= 4 is 17.1 Å². The lowest BCUT2D eigenvalue weighted by Crippen LogP contribution is -2.21.